The number of aryl methyl sites for hydroxylation is 1. The van der Waals surface area contributed by atoms with Gasteiger partial charge in [0, 0.05) is 5.56 Å². The first-order chi connectivity index (χ1) is 13.0. The molecule has 4 nitrogen and oxygen atoms in total. The van der Waals surface area contributed by atoms with Gasteiger partial charge in [-0.3, -0.25) is 4.79 Å². The van der Waals surface area contributed by atoms with Crippen LogP contribution in [0.2, 0.25) is 0 Å². The minimum absolute atomic E-state index is 0.266. The normalized spacial score (nSPS) is 12.2. The van der Waals surface area contributed by atoms with Gasteiger partial charge in [0.25, 0.3) is 5.91 Å². The Morgan fingerprint density at radius 3 is 2.33 bits per heavy atom. The first kappa shape index (κ1) is 25.0. The second-order valence-electron chi connectivity index (χ2n) is 5.66. The lowest BCUT2D eigenvalue weighted by Crippen LogP contribution is -2.42. The Balaban J connectivity index is 0.00000326. The molecule has 0 saturated heterocycles. The monoisotopic (exact) mass is 391 g/mol. The maximum Gasteiger partial charge on any atom is 0.328 e. The molecule has 0 saturated carbocycles. The average molecular weight is 392 g/mol. The molecule has 1 unspecified atom stereocenters. The Labute approximate surface area is 168 Å². The number of nitrogens with one attached hydrogen (secondary N) is 1. The molecular weight excluding hydrogens is 358 g/mol. The van der Waals surface area contributed by atoms with Crippen molar-refractivity contribution in [1.82, 2.24) is 5.32 Å². The summed E-state index contributed by atoms with van der Waals surface area (Å²) in [5.74, 6) is 0.0825. The summed E-state index contributed by atoms with van der Waals surface area (Å²) in [6.45, 7) is 9.88. The van der Waals surface area contributed by atoms with Crippen LogP contribution in [0.15, 0.2) is 36.4 Å². The summed E-state index contributed by atoms with van der Waals surface area (Å²) >= 11 is 1.62. The van der Waals surface area contributed by atoms with Crippen LogP contribution >= 0.6 is 11.8 Å². The van der Waals surface area contributed by atoms with Crippen LogP contribution in [0.25, 0.3) is 5.57 Å². The molecule has 1 atom stereocenters. The first-order valence-electron chi connectivity index (χ1n) is 9.25. The molecule has 150 valence electrons. The van der Waals surface area contributed by atoms with Crippen LogP contribution in [0, 0.1) is 6.92 Å². The first-order valence-corrected chi connectivity index (χ1v) is 10.6. The molecule has 0 aliphatic carbocycles. The molecule has 0 heterocycles. The summed E-state index contributed by atoms with van der Waals surface area (Å²) in [5, 5.41) is 2.80. The number of carbonyl (C=O) groups excluding carboxylic acids is 2. The molecule has 0 spiro atoms. The largest absolute Gasteiger partial charge is 0.467 e. The molecule has 1 amide bonds. The van der Waals surface area contributed by atoms with E-state index in [1.54, 1.807) is 11.8 Å². The zero-order chi connectivity index (χ0) is 20.8. The molecule has 1 N–H and O–H groups in total. The standard InChI is InChI=1S/C20H27NO3S.C2H6/c1-6-8-15(7-2)16-11-14(3)12-17(13-16)19(22)21-18(9-10-25-5)20(23)24-4;1-2/h6-8,11-13,18H,9-10H2,1-5H3,(H,21,22);1-2H3/b8-6-,15-7+;. The maximum atomic E-state index is 12.6. The van der Waals surface area contributed by atoms with E-state index in [4.69, 9.17) is 4.74 Å². The summed E-state index contributed by atoms with van der Waals surface area (Å²) in [6.07, 6.45) is 8.48. The van der Waals surface area contributed by atoms with Gasteiger partial charge in [-0.25, -0.2) is 4.79 Å². The van der Waals surface area contributed by atoms with Crippen molar-refractivity contribution >= 4 is 29.2 Å². The molecule has 0 radical (unpaired) electrons. The number of ether oxygens (including phenoxy) is 1. The summed E-state index contributed by atoms with van der Waals surface area (Å²) in [7, 11) is 1.33. The second-order valence-corrected chi connectivity index (χ2v) is 6.65. The molecule has 0 aliphatic rings. The molecule has 1 rings (SSSR count). The number of rotatable bonds is 8. The van der Waals surface area contributed by atoms with Crippen molar-refractivity contribution in [3.8, 4) is 0 Å². The highest BCUT2D eigenvalue weighted by Gasteiger charge is 2.22. The number of benzene rings is 1. The van der Waals surface area contributed by atoms with Gasteiger partial charge < -0.3 is 10.1 Å². The highest BCUT2D eigenvalue weighted by atomic mass is 32.2. The van der Waals surface area contributed by atoms with E-state index in [1.165, 1.54) is 7.11 Å². The molecule has 0 bridgehead atoms. The molecule has 1 aromatic carbocycles. The summed E-state index contributed by atoms with van der Waals surface area (Å²) in [4.78, 5) is 24.5. The van der Waals surface area contributed by atoms with Crippen LogP contribution in [-0.4, -0.2) is 37.0 Å². The van der Waals surface area contributed by atoms with E-state index in [0.29, 0.717) is 12.0 Å². The third kappa shape index (κ3) is 8.48. The van der Waals surface area contributed by atoms with Crippen molar-refractivity contribution in [2.24, 2.45) is 0 Å². The maximum absolute atomic E-state index is 12.6. The number of esters is 1. The Morgan fingerprint density at radius 2 is 1.81 bits per heavy atom. The fraction of sp³-hybridized carbons (Fsp3) is 0.455. The Kier molecular flexibility index (Phi) is 13.0. The summed E-state index contributed by atoms with van der Waals surface area (Å²) in [5.41, 5.74) is 3.55. The number of allylic oxidation sites excluding steroid dienone is 4. The van der Waals surface area contributed by atoms with Gasteiger partial charge in [-0.15, -0.1) is 0 Å². The molecule has 0 fully saturated rings. The van der Waals surface area contributed by atoms with Gasteiger partial charge >= 0.3 is 5.97 Å². The third-order valence-corrected chi connectivity index (χ3v) is 4.38. The molecule has 0 aliphatic heterocycles. The quantitative estimate of drug-likeness (QED) is 0.499. The zero-order valence-electron chi connectivity index (χ0n) is 17.6. The number of amides is 1. The van der Waals surface area contributed by atoms with E-state index in [-0.39, 0.29) is 5.91 Å². The van der Waals surface area contributed by atoms with Gasteiger partial charge in [-0.2, -0.15) is 11.8 Å². The fourth-order valence-electron chi connectivity index (χ4n) is 2.49. The lowest BCUT2D eigenvalue weighted by molar-refractivity contribution is -0.142. The van der Waals surface area contributed by atoms with Gasteiger partial charge in [-0.1, -0.05) is 38.1 Å². The predicted octanol–water partition coefficient (Wildman–Crippen LogP) is 5.03. The smallest absolute Gasteiger partial charge is 0.328 e. The van der Waals surface area contributed by atoms with Crippen molar-refractivity contribution in [3.05, 3.63) is 53.1 Å². The highest BCUT2D eigenvalue weighted by molar-refractivity contribution is 7.98. The molecule has 5 heteroatoms. The number of carbonyl (C=O) groups is 2. The van der Waals surface area contributed by atoms with Crippen molar-refractivity contribution in [2.75, 3.05) is 19.1 Å². The molecule has 0 aromatic heterocycles. The van der Waals surface area contributed by atoms with E-state index in [9.17, 15) is 9.59 Å². The van der Waals surface area contributed by atoms with E-state index >= 15 is 0 Å². The van der Waals surface area contributed by atoms with Crippen molar-refractivity contribution in [2.45, 2.75) is 47.1 Å². The molecule has 1 aromatic rings. The van der Waals surface area contributed by atoms with Gasteiger partial charge in [0.15, 0.2) is 0 Å². The molecular formula is C22H33NO3S. The lowest BCUT2D eigenvalue weighted by Gasteiger charge is -2.17. The van der Waals surface area contributed by atoms with E-state index in [0.717, 1.165) is 22.5 Å². The van der Waals surface area contributed by atoms with E-state index in [2.05, 4.69) is 5.32 Å². The lowest BCUT2D eigenvalue weighted by atomic mass is 9.99. The Hall–Kier alpha value is -2.01. The van der Waals surface area contributed by atoms with Crippen LogP contribution in [0.3, 0.4) is 0 Å². The average Bonchev–Trinajstić information content (AvgIpc) is 2.69. The van der Waals surface area contributed by atoms with Crippen LogP contribution in [0.5, 0.6) is 0 Å². The highest BCUT2D eigenvalue weighted by Crippen LogP contribution is 2.20. The van der Waals surface area contributed by atoms with Gasteiger partial charge in [-0.05, 0) is 68.0 Å². The number of thioether (sulfide) groups is 1. The van der Waals surface area contributed by atoms with Crippen LogP contribution in [-0.2, 0) is 9.53 Å². The SMILES string of the molecule is C/C=C\C(=C/C)c1cc(C)cc(C(=O)NC(CCSC)C(=O)OC)c1.CC. The summed E-state index contributed by atoms with van der Waals surface area (Å²) < 4.78 is 4.80. The number of hydrogen-bond donors (Lipinski definition) is 1. The van der Waals surface area contributed by atoms with Crippen molar-refractivity contribution in [1.29, 1.82) is 0 Å². The third-order valence-electron chi connectivity index (χ3n) is 3.73. The summed E-state index contributed by atoms with van der Waals surface area (Å²) in [6, 6.07) is 5.08. The number of hydrogen-bond acceptors (Lipinski definition) is 4. The van der Waals surface area contributed by atoms with Crippen LogP contribution < -0.4 is 5.32 Å². The Bertz CT molecular complexity index is 666. The predicted molar refractivity (Wildman–Crippen MR) is 117 cm³/mol. The van der Waals surface area contributed by atoms with Crippen molar-refractivity contribution < 1.29 is 14.3 Å². The van der Waals surface area contributed by atoms with Crippen LogP contribution in [0.4, 0.5) is 0 Å². The van der Waals surface area contributed by atoms with E-state index in [1.807, 2.05) is 77.3 Å². The Morgan fingerprint density at radius 1 is 1.19 bits per heavy atom. The second kappa shape index (κ2) is 14.1. The zero-order valence-corrected chi connectivity index (χ0v) is 18.4. The fourth-order valence-corrected chi connectivity index (χ4v) is 2.96. The van der Waals surface area contributed by atoms with Gasteiger partial charge in [0.1, 0.15) is 6.04 Å². The van der Waals surface area contributed by atoms with Gasteiger partial charge in [0.2, 0.25) is 0 Å². The molecule has 27 heavy (non-hydrogen) atoms. The van der Waals surface area contributed by atoms with E-state index < -0.39 is 12.0 Å². The minimum atomic E-state index is -0.634. The minimum Gasteiger partial charge on any atom is -0.467 e. The number of methoxy groups -OCH3 is 1. The topological polar surface area (TPSA) is 55.4 Å². The van der Waals surface area contributed by atoms with Crippen molar-refractivity contribution in [3.63, 3.8) is 0 Å². The van der Waals surface area contributed by atoms with Gasteiger partial charge in [0.05, 0.1) is 7.11 Å². The van der Waals surface area contributed by atoms with Crippen LogP contribution in [0.1, 0.15) is 55.6 Å².